The SMILES string of the molecule is C=C(C)/C=C/Cc1ccccc1. The van der Waals surface area contributed by atoms with E-state index in [2.05, 4.69) is 36.9 Å². The van der Waals surface area contributed by atoms with Gasteiger partial charge in [0.05, 0.1) is 0 Å². The largest absolute Gasteiger partial charge is 0.0961 e. The molecule has 0 heteroatoms. The number of allylic oxidation sites excluding steroid dienone is 3. The molecule has 0 spiro atoms. The normalized spacial score (nSPS) is 10.4. The number of hydrogen-bond donors (Lipinski definition) is 0. The minimum atomic E-state index is 0.994. The molecule has 0 fully saturated rings. The van der Waals surface area contributed by atoms with Crippen LogP contribution in [0.4, 0.5) is 0 Å². The maximum absolute atomic E-state index is 3.80. The second kappa shape index (κ2) is 4.55. The Morgan fingerprint density at radius 1 is 1.33 bits per heavy atom. The predicted molar refractivity (Wildman–Crippen MR) is 54.1 cm³/mol. The fourth-order valence-electron chi connectivity index (χ4n) is 1.01. The van der Waals surface area contributed by atoms with Gasteiger partial charge < -0.3 is 0 Å². The Morgan fingerprint density at radius 2 is 2.00 bits per heavy atom. The van der Waals surface area contributed by atoms with Crippen LogP contribution in [0.5, 0.6) is 0 Å². The molecule has 12 heavy (non-hydrogen) atoms. The molecule has 0 aliphatic rings. The molecule has 0 bridgehead atoms. The van der Waals surface area contributed by atoms with Crippen LogP contribution in [0.15, 0.2) is 54.6 Å². The molecule has 0 aliphatic heterocycles. The van der Waals surface area contributed by atoms with E-state index in [4.69, 9.17) is 0 Å². The van der Waals surface area contributed by atoms with E-state index in [1.54, 1.807) is 0 Å². The van der Waals surface area contributed by atoms with Crippen molar-refractivity contribution in [3.05, 3.63) is 60.2 Å². The average molecular weight is 158 g/mol. The molecule has 0 N–H and O–H groups in total. The van der Waals surface area contributed by atoms with Gasteiger partial charge in [0.2, 0.25) is 0 Å². The highest BCUT2D eigenvalue weighted by Gasteiger charge is 1.84. The number of hydrogen-bond acceptors (Lipinski definition) is 0. The van der Waals surface area contributed by atoms with Crippen LogP contribution in [0.1, 0.15) is 12.5 Å². The second-order valence-corrected chi connectivity index (χ2v) is 2.94. The van der Waals surface area contributed by atoms with Gasteiger partial charge >= 0.3 is 0 Å². The summed E-state index contributed by atoms with van der Waals surface area (Å²) in [6.45, 7) is 5.80. The average Bonchev–Trinajstić information content (AvgIpc) is 2.05. The third-order valence-corrected chi connectivity index (χ3v) is 1.60. The van der Waals surface area contributed by atoms with Crippen molar-refractivity contribution in [3.8, 4) is 0 Å². The van der Waals surface area contributed by atoms with E-state index < -0.39 is 0 Å². The second-order valence-electron chi connectivity index (χ2n) is 2.94. The quantitative estimate of drug-likeness (QED) is 0.592. The van der Waals surface area contributed by atoms with E-state index >= 15 is 0 Å². The van der Waals surface area contributed by atoms with E-state index in [9.17, 15) is 0 Å². The molecule has 0 saturated heterocycles. The first-order chi connectivity index (χ1) is 5.79. The maximum Gasteiger partial charge on any atom is -0.00942 e. The lowest BCUT2D eigenvalue weighted by atomic mass is 10.1. The van der Waals surface area contributed by atoms with Gasteiger partial charge in [-0.3, -0.25) is 0 Å². The smallest absolute Gasteiger partial charge is 0.00942 e. The molecule has 0 nitrogen and oxygen atoms in total. The first-order valence-electron chi connectivity index (χ1n) is 4.15. The highest BCUT2D eigenvalue weighted by Crippen LogP contribution is 2.01. The van der Waals surface area contributed by atoms with Gasteiger partial charge in [-0.05, 0) is 18.9 Å². The van der Waals surface area contributed by atoms with Crippen molar-refractivity contribution in [2.75, 3.05) is 0 Å². The molecular weight excluding hydrogens is 144 g/mol. The Balaban J connectivity index is 2.49. The first-order valence-corrected chi connectivity index (χ1v) is 4.15. The van der Waals surface area contributed by atoms with Crippen LogP contribution in [0.2, 0.25) is 0 Å². The maximum atomic E-state index is 3.80. The lowest BCUT2D eigenvalue weighted by molar-refractivity contribution is 1.26. The van der Waals surface area contributed by atoms with Crippen molar-refractivity contribution < 1.29 is 0 Å². The Kier molecular flexibility index (Phi) is 3.34. The van der Waals surface area contributed by atoms with Crippen molar-refractivity contribution >= 4 is 0 Å². The van der Waals surface area contributed by atoms with E-state index in [0.717, 1.165) is 12.0 Å². The van der Waals surface area contributed by atoms with Gasteiger partial charge in [-0.2, -0.15) is 0 Å². The first kappa shape index (κ1) is 8.79. The van der Waals surface area contributed by atoms with E-state index in [1.807, 2.05) is 19.1 Å². The van der Waals surface area contributed by atoms with Crippen molar-refractivity contribution in [2.24, 2.45) is 0 Å². The molecule has 0 radical (unpaired) electrons. The zero-order valence-corrected chi connectivity index (χ0v) is 7.46. The van der Waals surface area contributed by atoms with Crippen LogP contribution >= 0.6 is 0 Å². The summed E-state index contributed by atoms with van der Waals surface area (Å²) in [7, 11) is 0. The van der Waals surface area contributed by atoms with Gasteiger partial charge in [0.25, 0.3) is 0 Å². The minimum absolute atomic E-state index is 0.994. The van der Waals surface area contributed by atoms with E-state index in [-0.39, 0.29) is 0 Å². The summed E-state index contributed by atoms with van der Waals surface area (Å²) in [6, 6.07) is 10.4. The molecule has 1 aromatic rings. The van der Waals surface area contributed by atoms with Crippen LogP contribution in [0.3, 0.4) is 0 Å². The Morgan fingerprint density at radius 3 is 2.58 bits per heavy atom. The minimum Gasteiger partial charge on any atom is -0.0961 e. The highest BCUT2D eigenvalue weighted by molar-refractivity contribution is 5.20. The van der Waals surface area contributed by atoms with Crippen molar-refractivity contribution in [1.29, 1.82) is 0 Å². The molecule has 0 aliphatic carbocycles. The summed E-state index contributed by atoms with van der Waals surface area (Å²) in [6.07, 6.45) is 5.18. The zero-order chi connectivity index (χ0) is 8.81. The lowest BCUT2D eigenvalue weighted by Crippen LogP contribution is -1.78. The molecule has 1 rings (SSSR count). The standard InChI is InChI=1S/C12H14/c1-11(2)7-6-10-12-8-4-3-5-9-12/h3-9H,1,10H2,2H3/b7-6+. The fourth-order valence-corrected chi connectivity index (χ4v) is 1.01. The molecular formula is C12H14. The van der Waals surface area contributed by atoms with Gasteiger partial charge in [-0.25, -0.2) is 0 Å². The molecule has 62 valence electrons. The van der Waals surface area contributed by atoms with Crippen molar-refractivity contribution in [2.45, 2.75) is 13.3 Å². The monoisotopic (exact) mass is 158 g/mol. The van der Waals surface area contributed by atoms with Gasteiger partial charge in [-0.1, -0.05) is 54.6 Å². The van der Waals surface area contributed by atoms with Crippen molar-refractivity contribution in [1.82, 2.24) is 0 Å². The summed E-state index contributed by atoms with van der Waals surface area (Å²) in [5.41, 5.74) is 2.45. The summed E-state index contributed by atoms with van der Waals surface area (Å²) >= 11 is 0. The Labute approximate surface area is 74.2 Å². The topological polar surface area (TPSA) is 0 Å². The Hall–Kier alpha value is -1.30. The predicted octanol–water partition coefficient (Wildman–Crippen LogP) is 3.36. The van der Waals surface area contributed by atoms with Crippen LogP contribution in [0, 0.1) is 0 Å². The zero-order valence-electron chi connectivity index (χ0n) is 7.46. The van der Waals surface area contributed by atoms with E-state index in [0.29, 0.717) is 0 Å². The molecule has 0 amide bonds. The van der Waals surface area contributed by atoms with Gasteiger partial charge in [0.1, 0.15) is 0 Å². The van der Waals surface area contributed by atoms with Crippen LogP contribution < -0.4 is 0 Å². The molecule has 0 unspecified atom stereocenters. The fraction of sp³-hybridized carbons (Fsp3) is 0.167. The van der Waals surface area contributed by atoms with E-state index in [1.165, 1.54) is 5.56 Å². The summed E-state index contributed by atoms with van der Waals surface area (Å²) < 4.78 is 0. The summed E-state index contributed by atoms with van der Waals surface area (Å²) in [4.78, 5) is 0. The van der Waals surface area contributed by atoms with Crippen molar-refractivity contribution in [3.63, 3.8) is 0 Å². The van der Waals surface area contributed by atoms with Crippen LogP contribution in [0.25, 0.3) is 0 Å². The van der Waals surface area contributed by atoms with Gasteiger partial charge in [0.15, 0.2) is 0 Å². The molecule has 0 heterocycles. The molecule has 0 atom stereocenters. The third-order valence-electron chi connectivity index (χ3n) is 1.60. The number of benzene rings is 1. The highest BCUT2D eigenvalue weighted by atomic mass is 13.9. The summed E-state index contributed by atoms with van der Waals surface area (Å²) in [5, 5.41) is 0. The van der Waals surface area contributed by atoms with Gasteiger partial charge in [0, 0.05) is 0 Å². The Bertz CT molecular complexity index is 267. The van der Waals surface area contributed by atoms with Crippen LogP contribution in [-0.2, 0) is 6.42 Å². The molecule has 0 aromatic heterocycles. The number of rotatable bonds is 3. The lowest BCUT2D eigenvalue weighted by Gasteiger charge is -1.93. The summed E-state index contributed by atoms with van der Waals surface area (Å²) in [5.74, 6) is 0. The molecule has 0 saturated carbocycles. The molecule has 1 aromatic carbocycles. The van der Waals surface area contributed by atoms with Gasteiger partial charge in [-0.15, -0.1) is 0 Å². The third kappa shape index (κ3) is 3.20. The van der Waals surface area contributed by atoms with Crippen LogP contribution in [-0.4, -0.2) is 0 Å².